The SMILES string of the molecule is OC(COc1c(F)cc(Br)cc1F)CN1CCN(C(c2ccccc2)c2ccccc2)CC1. The van der Waals surface area contributed by atoms with Crippen molar-refractivity contribution in [1.29, 1.82) is 0 Å². The predicted octanol–water partition coefficient (Wildman–Crippen LogP) is 4.87. The van der Waals surface area contributed by atoms with Crippen LogP contribution in [0.15, 0.2) is 77.3 Å². The number of halogens is 3. The van der Waals surface area contributed by atoms with Crippen molar-refractivity contribution in [2.45, 2.75) is 12.1 Å². The molecular formula is C26H27BrF2N2O2. The summed E-state index contributed by atoms with van der Waals surface area (Å²) >= 11 is 3.04. The third-order valence-corrected chi connectivity index (χ3v) is 6.31. The van der Waals surface area contributed by atoms with Crippen LogP contribution in [0.3, 0.4) is 0 Å². The van der Waals surface area contributed by atoms with Gasteiger partial charge >= 0.3 is 0 Å². The van der Waals surface area contributed by atoms with Gasteiger partial charge < -0.3 is 9.84 Å². The van der Waals surface area contributed by atoms with Crippen LogP contribution in [0.5, 0.6) is 5.75 Å². The van der Waals surface area contributed by atoms with Gasteiger partial charge in [0, 0.05) is 37.2 Å². The zero-order valence-corrected chi connectivity index (χ0v) is 19.8. The van der Waals surface area contributed by atoms with Gasteiger partial charge in [-0.05, 0) is 23.3 Å². The summed E-state index contributed by atoms with van der Waals surface area (Å²) in [4.78, 5) is 4.61. The van der Waals surface area contributed by atoms with Crippen molar-refractivity contribution in [2.75, 3.05) is 39.3 Å². The fourth-order valence-corrected chi connectivity index (χ4v) is 4.69. The molecule has 0 spiro atoms. The lowest BCUT2D eigenvalue weighted by atomic mass is 9.96. The van der Waals surface area contributed by atoms with Crippen LogP contribution in [-0.2, 0) is 0 Å². The van der Waals surface area contributed by atoms with E-state index in [1.807, 2.05) is 12.1 Å². The second-order valence-corrected chi connectivity index (χ2v) is 9.14. The predicted molar refractivity (Wildman–Crippen MR) is 128 cm³/mol. The summed E-state index contributed by atoms with van der Waals surface area (Å²) in [6.07, 6.45) is -0.849. The first-order valence-electron chi connectivity index (χ1n) is 11.0. The maximum absolute atomic E-state index is 13.9. The minimum absolute atomic E-state index is 0.172. The Balaban J connectivity index is 1.33. The van der Waals surface area contributed by atoms with E-state index in [0.29, 0.717) is 11.0 Å². The highest BCUT2D eigenvalue weighted by molar-refractivity contribution is 9.10. The molecule has 1 atom stereocenters. The van der Waals surface area contributed by atoms with Crippen molar-refractivity contribution >= 4 is 15.9 Å². The van der Waals surface area contributed by atoms with E-state index in [2.05, 4.69) is 74.3 Å². The molecule has 4 rings (SSSR count). The van der Waals surface area contributed by atoms with Gasteiger partial charge in [-0.2, -0.15) is 0 Å². The van der Waals surface area contributed by atoms with Crippen molar-refractivity contribution in [3.05, 3.63) is 100 Å². The van der Waals surface area contributed by atoms with Crippen LogP contribution in [0.1, 0.15) is 17.2 Å². The van der Waals surface area contributed by atoms with Gasteiger partial charge in [-0.3, -0.25) is 9.80 Å². The van der Waals surface area contributed by atoms with E-state index >= 15 is 0 Å². The van der Waals surface area contributed by atoms with Gasteiger partial charge in [0.25, 0.3) is 0 Å². The first kappa shape index (κ1) is 23.8. The Labute approximate surface area is 201 Å². The average molecular weight is 517 g/mol. The van der Waals surface area contributed by atoms with Gasteiger partial charge in [-0.15, -0.1) is 0 Å². The summed E-state index contributed by atoms with van der Waals surface area (Å²) < 4.78 is 33.4. The monoisotopic (exact) mass is 516 g/mol. The summed E-state index contributed by atoms with van der Waals surface area (Å²) in [5, 5.41) is 10.4. The Morgan fingerprint density at radius 2 is 1.36 bits per heavy atom. The van der Waals surface area contributed by atoms with E-state index < -0.39 is 23.5 Å². The molecular weight excluding hydrogens is 490 g/mol. The van der Waals surface area contributed by atoms with Gasteiger partial charge in [0.2, 0.25) is 0 Å². The largest absolute Gasteiger partial charge is 0.485 e. The van der Waals surface area contributed by atoms with Gasteiger partial charge in [-0.25, -0.2) is 8.78 Å². The van der Waals surface area contributed by atoms with E-state index in [9.17, 15) is 13.9 Å². The zero-order chi connectivity index (χ0) is 23.2. The number of nitrogens with zero attached hydrogens (tertiary/aromatic N) is 2. The molecule has 1 fully saturated rings. The second-order valence-electron chi connectivity index (χ2n) is 8.22. The smallest absolute Gasteiger partial charge is 0.190 e. The quantitative estimate of drug-likeness (QED) is 0.463. The number of β-amino-alcohol motifs (C(OH)–C–C–N with tert-alkyl or cyclic N) is 1. The van der Waals surface area contributed by atoms with Crippen molar-refractivity contribution in [3.8, 4) is 5.75 Å². The Bertz CT molecular complexity index is 968. The van der Waals surface area contributed by atoms with Crippen LogP contribution < -0.4 is 4.74 Å². The summed E-state index contributed by atoms with van der Waals surface area (Å²) in [5.41, 5.74) is 2.51. The van der Waals surface area contributed by atoms with Crippen LogP contribution in [0.25, 0.3) is 0 Å². The van der Waals surface area contributed by atoms with Gasteiger partial charge in [0.15, 0.2) is 17.4 Å². The highest BCUT2D eigenvalue weighted by Crippen LogP contribution is 2.29. The number of piperazine rings is 1. The fraction of sp³-hybridized carbons (Fsp3) is 0.308. The van der Waals surface area contributed by atoms with E-state index in [4.69, 9.17) is 4.74 Å². The Kier molecular flexibility index (Phi) is 8.09. The number of hydrogen-bond donors (Lipinski definition) is 1. The van der Waals surface area contributed by atoms with E-state index in [-0.39, 0.29) is 12.6 Å². The molecule has 0 bridgehead atoms. The molecule has 4 nitrogen and oxygen atoms in total. The number of aliphatic hydroxyl groups is 1. The van der Waals surface area contributed by atoms with Crippen LogP contribution in [-0.4, -0.2) is 60.3 Å². The fourth-order valence-electron chi connectivity index (χ4n) is 4.29. The minimum Gasteiger partial charge on any atom is -0.485 e. The van der Waals surface area contributed by atoms with Gasteiger partial charge in [-0.1, -0.05) is 76.6 Å². The van der Waals surface area contributed by atoms with Gasteiger partial charge in [0.05, 0.1) is 6.04 Å². The maximum atomic E-state index is 13.9. The molecule has 33 heavy (non-hydrogen) atoms. The van der Waals surface area contributed by atoms with Crippen molar-refractivity contribution in [2.24, 2.45) is 0 Å². The van der Waals surface area contributed by atoms with Crippen molar-refractivity contribution in [3.63, 3.8) is 0 Å². The number of rotatable bonds is 8. The number of benzene rings is 3. The average Bonchev–Trinajstić information content (AvgIpc) is 2.81. The second kappa shape index (κ2) is 11.2. The van der Waals surface area contributed by atoms with E-state index in [0.717, 1.165) is 38.3 Å². The summed E-state index contributed by atoms with van der Waals surface area (Å²) in [6, 6.07) is 23.4. The zero-order valence-electron chi connectivity index (χ0n) is 18.2. The maximum Gasteiger partial charge on any atom is 0.190 e. The topological polar surface area (TPSA) is 35.9 Å². The molecule has 1 unspecified atom stereocenters. The molecule has 0 amide bonds. The number of aliphatic hydroxyl groups excluding tert-OH is 1. The van der Waals surface area contributed by atoms with Crippen LogP contribution >= 0.6 is 15.9 Å². The summed E-state index contributed by atoms with van der Waals surface area (Å²) in [6.45, 7) is 3.47. The molecule has 174 valence electrons. The van der Waals surface area contributed by atoms with E-state index in [1.165, 1.54) is 11.1 Å². The normalized spacial score (nSPS) is 16.2. The first-order chi connectivity index (χ1) is 16.0. The van der Waals surface area contributed by atoms with Crippen LogP contribution in [0, 0.1) is 11.6 Å². The molecule has 0 aliphatic carbocycles. The molecule has 0 saturated carbocycles. The highest BCUT2D eigenvalue weighted by Gasteiger charge is 2.27. The molecule has 1 heterocycles. The molecule has 3 aromatic rings. The molecule has 3 aromatic carbocycles. The lowest BCUT2D eigenvalue weighted by Gasteiger charge is -2.40. The summed E-state index contributed by atoms with van der Waals surface area (Å²) in [7, 11) is 0. The van der Waals surface area contributed by atoms with Crippen molar-refractivity contribution < 1.29 is 18.6 Å². The molecule has 1 N–H and O–H groups in total. The Morgan fingerprint density at radius 3 is 1.88 bits per heavy atom. The highest BCUT2D eigenvalue weighted by atomic mass is 79.9. The first-order valence-corrected chi connectivity index (χ1v) is 11.8. The van der Waals surface area contributed by atoms with Crippen molar-refractivity contribution in [1.82, 2.24) is 9.80 Å². The molecule has 1 aliphatic rings. The molecule has 7 heteroatoms. The van der Waals surface area contributed by atoms with E-state index in [1.54, 1.807) is 0 Å². The number of hydrogen-bond acceptors (Lipinski definition) is 4. The summed E-state index contributed by atoms with van der Waals surface area (Å²) in [5.74, 6) is -2.05. The third-order valence-electron chi connectivity index (χ3n) is 5.85. The molecule has 1 saturated heterocycles. The molecule has 0 radical (unpaired) electrons. The molecule has 0 aromatic heterocycles. The Hall–Kier alpha value is -2.32. The molecule has 1 aliphatic heterocycles. The van der Waals surface area contributed by atoms with Gasteiger partial charge in [0.1, 0.15) is 12.7 Å². The number of ether oxygens (including phenoxy) is 1. The van der Waals surface area contributed by atoms with Crippen LogP contribution in [0.4, 0.5) is 8.78 Å². The standard InChI is InChI=1S/C26H27BrF2N2O2/c27-21-15-23(28)26(24(29)16-21)33-18-22(32)17-30-11-13-31(14-12-30)25(19-7-3-1-4-8-19)20-9-5-2-6-10-20/h1-10,15-16,22,25,32H,11-14,17-18H2. The third kappa shape index (κ3) is 6.18. The van der Waals surface area contributed by atoms with Crippen LogP contribution in [0.2, 0.25) is 0 Å². The minimum atomic E-state index is -0.849. The lowest BCUT2D eigenvalue weighted by Crippen LogP contribution is -2.50. The lowest BCUT2D eigenvalue weighted by molar-refractivity contribution is 0.0384. The Morgan fingerprint density at radius 1 is 0.848 bits per heavy atom.